The molecule has 8 heteroatoms. The molecule has 2 aliphatic carbocycles. The van der Waals surface area contributed by atoms with Crippen molar-refractivity contribution >= 4 is 87.0 Å². The molecule has 0 aromatic rings. The molecule has 0 aromatic carbocycles. The van der Waals surface area contributed by atoms with Crippen molar-refractivity contribution in [3.8, 4) is 0 Å². The van der Waals surface area contributed by atoms with Gasteiger partial charge in [-0.05, 0) is 0 Å². The molecule has 0 radical (unpaired) electrons. The van der Waals surface area contributed by atoms with E-state index in [-0.39, 0.29) is 10.1 Å². The average molecular weight is 349 g/mol. The predicted octanol–water partition coefficient (Wildman–Crippen LogP) is 4.01. The molecule has 0 bridgehead atoms. The fourth-order valence-corrected chi connectivity index (χ4v) is 5.13. The number of Topliss-reactive ketones (excluding diaryl/α,β-unsaturated/α-hetero) is 1. The Bertz CT molecular complexity index is 402. The van der Waals surface area contributed by atoms with Gasteiger partial charge in [-0.3, -0.25) is 4.79 Å². The molecule has 0 aliphatic heterocycles. The summed E-state index contributed by atoms with van der Waals surface area (Å²) in [7, 11) is 0. The first-order valence-corrected chi connectivity index (χ1v) is 6.34. The molecule has 15 heavy (non-hydrogen) atoms. The smallest absolute Gasteiger partial charge is 0.200 e. The lowest BCUT2D eigenvalue weighted by Gasteiger charge is -2.58. The Morgan fingerprint density at radius 1 is 1.07 bits per heavy atom. The molecular weight excluding hydrogens is 348 g/mol. The Hall–Kier alpha value is 1.44. The molecular formula is C7HCl7O. The zero-order valence-electron chi connectivity index (χ0n) is 6.63. The van der Waals surface area contributed by atoms with Crippen LogP contribution in [0.2, 0.25) is 0 Å². The monoisotopic (exact) mass is 346 g/mol. The maximum absolute atomic E-state index is 11.7. The van der Waals surface area contributed by atoms with Crippen LogP contribution in [0.5, 0.6) is 0 Å². The molecule has 0 unspecified atom stereocenters. The van der Waals surface area contributed by atoms with Crippen LogP contribution >= 0.6 is 81.2 Å². The highest BCUT2D eigenvalue weighted by atomic mass is 35.5. The Labute approximate surface area is 121 Å². The first-order valence-electron chi connectivity index (χ1n) is 3.63. The number of carbonyl (C=O) groups is 1. The second-order valence-corrected chi connectivity index (χ2v) is 7.05. The number of carbonyl (C=O) groups excluding carboxylic acids is 1. The van der Waals surface area contributed by atoms with E-state index < -0.39 is 25.2 Å². The first-order chi connectivity index (χ1) is 6.63. The summed E-state index contributed by atoms with van der Waals surface area (Å²) < 4.78 is -1.64. The number of ketones is 1. The third kappa shape index (κ3) is 1.05. The molecule has 84 valence electrons. The second-order valence-electron chi connectivity index (χ2n) is 3.31. The highest BCUT2D eigenvalue weighted by Gasteiger charge is 2.86. The number of hydrogen-bond donors (Lipinski definition) is 0. The van der Waals surface area contributed by atoms with Gasteiger partial charge in [0, 0.05) is 0 Å². The normalized spacial score (nSPS) is 47.9. The summed E-state index contributed by atoms with van der Waals surface area (Å²) in [5.41, 5.74) is 0. The fraction of sp³-hybridized carbons (Fsp3) is 0.571. The minimum atomic E-state index is -1.67. The summed E-state index contributed by atoms with van der Waals surface area (Å²) in [5.74, 6) is -0.650. The molecule has 1 fully saturated rings. The number of rotatable bonds is 0. The van der Waals surface area contributed by atoms with Crippen molar-refractivity contribution in [2.75, 3.05) is 0 Å². The van der Waals surface area contributed by atoms with Gasteiger partial charge in [0.15, 0.2) is 15.0 Å². The van der Waals surface area contributed by atoms with E-state index in [9.17, 15) is 4.79 Å². The van der Waals surface area contributed by atoms with E-state index in [1.54, 1.807) is 0 Å². The lowest BCUT2D eigenvalue weighted by Crippen LogP contribution is -2.78. The molecule has 2 aliphatic rings. The molecule has 0 heterocycles. The Balaban J connectivity index is 2.67. The summed E-state index contributed by atoms with van der Waals surface area (Å²) >= 11 is 41.3. The van der Waals surface area contributed by atoms with Crippen molar-refractivity contribution in [2.24, 2.45) is 0 Å². The van der Waals surface area contributed by atoms with Crippen LogP contribution in [0.3, 0.4) is 0 Å². The molecule has 1 saturated carbocycles. The standard InChI is InChI=1S/C7HCl7O/c8-1-2(9)6(12)5(11,3(1)15)4(10)7(6,13)14/h4H/t4-,5+,6+/m0/s1. The molecule has 0 N–H and O–H groups in total. The number of allylic oxidation sites excluding steroid dienone is 2. The molecule has 0 spiro atoms. The third-order valence-corrected chi connectivity index (χ3v) is 7.42. The molecule has 1 nitrogen and oxygen atoms in total. The lowest BCUT2D eigenvalue weighted by molar-refractivity contribution is -0.118. The van der Waals surface area contributed by atoms with Gasteiger partial charge in [0.05, 0.1) is 10.4 Å². The number of fused-ring (bicyclic) bond motifs is 1. The summed E-state index contributed by atoms with van der Waals surface area (Å²) in [5, 5.41) is -1.49. The van der Waals surface area contributed by atoms with E-state index in [1.807, 2.05) is 0 Å². The summed E-state index contributed by atoms with van der Waals surface area (Å²) in [6, 6.07) is 0. The van der Waals surface area contributed by atoms with Crippen LogP contribution in [0.25, 0.3) is 0 Å². The maximum Gasteiger partial charge on any atom is 0.200 e. The fourth-order valence-electron chi connectivity index (χ4n) is 1.75. The van der Waals surface area contributed by atoms with Gasteiger partial charge in [0.25, 0.3) is 0 Å². The van der Waals surface area contributed by atoms with Crippen LogP contribution in [0.1, 0.15) is 0 Å². The van der Waals surface area contributed by atoms with Crippen LogP contribution in [0.4, 0.5) is 0 Å². The molecule has 0 saturated heterocycles. The van der Waals surface area contributed by atoms with Crippen LogP contribution in [0.15, 0.2) is 10.1 Å². The van der Waals surface area contributed by atoms with E-state index in [1.165, 1.54) is 0 Å². The van der Waals surface area contributed by atoms with Crippen molar-refractivity contribution < 1.29 is 4.79 Å². The van der Waals surface area contributed by atoms with Gasteiger partial charge in [-0.2, -0.15) is 0 Å². The second kappa shape index (κ2) is 3.26. The number of hydrogen-bond acceptors (Lipinski definition) is 1. The van der Waals surface area contributed by atoms with E-state index in [2.05, 4.69) is 0 Å². The van der Waals surface area contributed by atoms with Crippen molar-refractivity contribution in [1.29, 1.82) is 0 Å². The lowest BCUT2D eigenvalue weighted by atomic mass is 9.71. The molecule has 0 aromatic heterocycles. The summed E-state index contributed by atoms with van der Waals surface area (Å²) in [6.45, 7) is 0. The molecule has 0 amide bonds. The van der Waals surface area contributed by atoms with E-state index in [0.717, 1.165) is 0 Å². The zero-order chi connectivity index (χ0) is 11.8. The highest BCUT2D eigenvalue weighted by molar-refractivity contribution is 6.72. The maximum atomic E-state index is 11.7. The van der Waals surface area contributed by atoms with Crippen LogP contribution < -0.4 is 0 Å². The molecule has 3 atom stereocenters. The van der Waals surface area contributed by atoms with Gasteiger partial charge in [-0.1, -0.05) is 46.4 Å². The van der Waals surface area contributed by atoms with Gasteiger partial charge in [-0.15, -0.1) is 34.8 Å². The largest absolute Gasteiger partial charge is 0.291 e. The highest BCUT2D eigenvalue weighted by Crippen LogP contribution is 2.73. The van der Waals surface area contributed by atoms with Crippen molar-refractivity contribution in [2.45, 2.75) is 19.5 Å². The van der Waals surface area contributed by atoms with Gasteiger partial charge in [0.1, 0.15) is 9.91 Å². The van der Waals surface area contributed by atoms with Gasteiger partial charge < -0.3 is 0 Å². The Morgan fingerprint density at radius 2 is 1.53 bits per heavy atom. The summed E-state index contributed by atoms with van der Waals surface area (Å²) in [6.07, 6.45) is 0. The number of alkyl halides is 5. The minimum absolute atomic E-state index is 0.160. The van der Waals surface area contributed by atoms with E-state index in [0.29, 0.717) is 0 Å². The zero-order valence-corrected chi connectivity index (χ0v) is 11.9. The first kappa shape index (κ1) is 12.9. The van der Waals surface area contributed by atoms with Crippen LogP contribution in [0, 0.1) is 0 Å². The Kier molecular flexibility index (Phi) is 2.80. The third-order valence-electron chi connectivity index (χ3n) is 2.65. The quantitative estimate of drug-likeness (QED) is 0.604. The van der Waals surface area contributed by atoms with E-state index >= 15 is 0 Å². The minimum Gasteiger partial charge on any atom is -0.291 e. The van der Waals surface area contributed by atoms with Crippen molar-refractivity contribution in [1.82, 2.24) is 0 Å². The Morgan fingerprint density at radius 3 is 1.93 bits per heavy atom. The van der Waals surface area contributed by atoms with Crippen LogP contribution in [-0.2, 0) is 4.79 Å². The van der Waals surface area contributed by atoms with Crippen LogP contribution in [-0.4, -0.2) is 25.2 Å². The topological polar surface area (TPSA) is 17.1 Å². The molecule has 2 rings (SSSR count). The predicted molar refractivity (Wildman–Crippen MR) is 65.0 cm³/mol. The van der Waals surface area contributed by atoms with Crippen molar-refractivity contribution in [3.05, 3.63) is 10.1 Å². The van der Waals surface area contributed by atoms with Crippen molar-refractivity contribution in [3.63, 3.8) is 0 Å². The van der Waals surface area contributed by atoms with Gasteiger partial charge in [0.2, 0.25) is 0 Å². The van der Waals surface area contributed by atoms with E-state index in [4.69, 9.17) is 81.2 Å². The summed E-state index contributed by atoms with van der Waals surface area (Å²) in [4.78, 5) is 8.38. The van der Waals surface area contributed by atoms with Gasteiger partial charge >= 0.3 is 0 Å². The average Bonchev–Trinajstić information content (AvgIpc) is 2.31. The van der Waals surface area contributed by atoms with Gasteiger partial charge in [-0.25, -0.2) is 0 Å². The SMILES string of the molecule is O=C1C(Cl)=C(Cl)[C@]2(Cl)C(Cl)(Cl)[C@@H](Cl)[C@]12Cl. The number of halogens is 7.